The predicted octanol–water partition coefficient (Wildman–Crippen LogP) is 5.87. The van der Waals surface area contributed by atoms with Gasteiger partial charge in [0.2, 0.25) is 11.2 Å². The number of rotatable bonds is 7. The lowest BCUT2D eigenvalue weighted by Gasteiger charge is -2.14. The summed E-state index contributed by atoms with van der Waals surface area (Å²) in [5.41, 5.74) is -0.935. The minimum Gasteiger partial charge on any atom is -0.497 e. The fraction of sp³-hybridized carbons (Fsp3) is 0.120. The average molecular weight is 470 g/mol. The van der Waals surface area contributed by atoms with Gasteiger partial charge in [0.05, 0.1) is 12.5 Å². The number of benzene rings is 3. The first-order valence-corrected chi connectivity index (χ1v) is 9.97. The Morgan fingerprint density at radius 3 is 2.21 bits per heavy atom. The summed E-state index contributed by atoms with van der Waals surface area (Å²) in [6.45, 7) is -0.343. The summed E-state index contributed by atoms with van der Waals surface area (Å²) in [7, 11) is 1.44. The van der Waals surface area contributed by atoms with E-state index in [1.807, 2.05) is 0 Å². The third-order valence-electron chi connectivity index (χ3n) is 4.82. The molecule has 0 aliphatic carbocycles. The van der Waals surface area contributed by atoms with Crippen LogP contribution < -0.4 is 19.6 Å². The van der Waals surface area contributed by atoms with Gasteiger partial charge in [-0.1, -0.05) is 30.3 Å². The maximum Gasteiger partial charge on any atom is 0.453 e. The number of carbonyl (C=O) groups excluding carboxylic acids is 1. The molecule has 0 N–H and O–H groups in total. The molecular formula is C25H17F3O6. The Labute approximate surface area is 191 Å². The number of hydrogen-bond acceptors (Lipinski definition) is 6. The quantitative estimate of drug-likeness (QED) is 0.314. The molecule has 0 saturated heterocycles. The van der Waals surface area contributed by atoms with E-state index < -0.39 is 23.1 Å². The highest BCUT2D eigenvalue weighted by atomic mass is 19.4. The molecule has 0 atom stereocenters. The van der Waals surface area contributed by atoms with Gasteiger partial charge < -0.3 is 18.6 Å². The number of ether oxygens (including phenoxy) is 3. The van der Waals surface area contributed by atoms with E-state index in [0.717, 1.165) is 6.07 Å². The van der Waals surface area contributed by atoms with Crippen molar-refractivity contribution >= 4 is 16.8 Å². The van der Waals surface area contributed by atoms with Gasteiger partial charge in [0, 0.05) is 11.6 Å². The predicted molar refractivity (Wildman–Crippen MR) is 117 cm³/mol. The zero-order valence-electron chi connectivity index (χ0n) is 17.7. The summed E-state index contributed by atoms with van der Waals surface area (Å²) in [6, 6.07) is 17.8. The van der Waals surface area contributed by atoms with Crippen molar-refractivity contribution in [1.29, 1.82) is 0 Å². The van der Waals surface area contributed by atoms with Gasteiger partial charge in [-0.2, -0.15) is 13.2 Å². The summed E-state index contributed by atoms with van der Waals surface area (Å²) >= 11 is 0. The van der Waals surface area contributed by atoms with Crippen LogP contribution >= 0.6 is 0 Å². The van der Waals surface area contributed by atoms with Crippen LogP contribution in [0.25, 0.3) is 11.0 Å². The maximum absolute atomic E-state index is 13.7. The third kappa shape index (κ3) is 4.88. The Bertz CT molecular complexity index is 1380. The Balaban J connectivity index is 1.67. The summed E-state index contributed by atoms with van der Waals surface area (Å²) in [6.07, 6.45) is -5.00. The Morgan fingerprint density at radius 1 is 0.912 bits per heavy atom. The lowest BCUT2D eigenvalue weighted by Crippen LogP contribution is -2.15. The molecule has 0 amide bonds. The summed E-state index contributed by atoms with van der Waals surface area (Å²) in [4.78, 5) is 25.1. The van der Waals surface area contributed by atoms with Crippen molar-refractivity contribution in [2.75, 3.05) is 13.7 Å². The van der Waals surface area contributed by atoms with Crippen LogP contribution in [0.1, 0.15) is 16.1 Å². The minimum absolute atomic E-state index is 0.00247. The molecule has 0 unspecified atom stereocenters. The molecule has 0 aliphatic rings. The molecule has 1 heterocycles. The smallest absolute Gasteiger partial charge is 0.453 e. The molecule has 174 valence electrons. The summed E-state index contributed by atoms with van der Waals surface area (Å²) in [5, 5.41) is -0.141. The van der Waals surface area contributed by atoms with E-state index in [4.69, 9.17) is 18.6 Å². The molecular weight excluding hydrogens is 453 g/mol. The molecule has 34 heavy (non-hydrogen) atoms. The number of ketones is 1. The number of alkyl halides is 3. The SMILES string of the molecule is COc1ccc(Oc2c(C(F)(F)F)oc3cc(OCC(=O)c4ccccc4)ccc3c2=O)cc1. The lowest BCUT2D eigenvalue weighted by atomic mass is 10.1. The fourth-order valence-electron chi connectivity index (χ4n) is 3.14. The Kier molecular flexibility index (Phi) is 6.27. The van der Waals surface area contributed by atoms with Crippen molar-refractivity contribution in [3.8, 4) is 23.0 Å². The van der Waals surface area contributed by atoms with Crippen molar-refractivity contribution in [3.63, 3.8) is 0 Å². The van der Waals surface area contributed by atoms with Gasteiger partial charge in [0.1, 0.15) is 22.8 Å². The second-order valence-electron chi connectivity index (χ2n) is 7.10. The Morgan fingerprint density at radius 2 is 1.56 bits per heavy atom. The first-order chi connectivity index (χ1) is 16.3. The molecule has 0 spiro atoms. The van der Waals surface area contributed by atoms with Gasteiger partial charge in [-0.15, -0.1) is 0 Å². The number of halogens is 3. The van der Waals surface area contributed by atoms with Gasteiger partial charge in [0.15, 0.2) is 12.4 Å². The highest BCUT2D eigenvalue weighted by molar-refractivity contribution is 5.97. The molecule has 0 saturated carbocycles. The fourth-order valence-corrected chi connectivity index (χ4v) is 3.14. The molecule has 4 aromatic rings. The van der Waals surface area contributed by atoms with Crippen LogP contribution in [0.4, 0.5) is 13.2 Å². The first-order valence-electron chi connectivity index (χ1n) is 9.97. The van der Waals surface area contributed by atoms with E-state index in [1.165, 1.54) is 43.5 Å². The third-order valence-corrected chi connectivity index (χ3v) is 4.82. The minimum atomic E-state index is -5.00. The number of fused-ring (bicyclic) bond motifs is 1. The van der Waals surface area contributed by atoms with E-state index in [2.05, 4.69) is 0 Å². The summed E-state index contributed by atoms with van der Waals surface area (Å²) in [5.74, 6) is -2.36. The molecule has 4 rings (SSSR count). The Hall–Kier alpha value is -4.27. The van der Waals surface area contributed by atoms with E-state index in [9.17, 15) is 22.8 Å². The topological polar surface area (TPSA) is 75.0 Å². The highest BCUT2D eigenvalue weighted by Crippen LogP contribution is 2.38. The molecule has 0 radical (unpaired) electrons. The average Bonchev–Trinajstić information content (AvgIpc) is 2.84. The summed E-state index contributed by atoms with van der Waals surface area (Å²) < 4.78 is 61.9. The molecule has 0 bridgehead atoms. The van der Waals surface area contributed by atoms with E-state index in [0.29, 0.717) is 11.3 Å². The first kappa shape index (κ1) is 22.9. The van der Waals surface area contributed by atoms with Gasteiger partial charge in [-0.25, -0.2) is 0 Å². The van der Waals surface area contributed by atoms with Crippen LogP contribution in [0, 0.1) is 0 Å². The molecule has 9 heteroatoms. The van der Waals surface area contributed by atoms with Gasteiger partial charge >= 0.3 is 6.18 Å². The van der Waals surface area contributed by atoms with E-state index in [1.54, 1.807) is 30.3 Å². The monoisotopic (exact) mass is 470 g/mol. The van der Waals surface area contributed by atoms with Crippen molar-refractivity contribution in [1.82, 2.24) is 0 Å². The van der Waals surface area contributed by atoms with E-state index in [-0.39, 0.29) is 34.9 Å². The van der Waals surface area contributed by atoms with Gasteiger partial charge in [0.25, 0.3) is 5.76 Å². The van der Waals surface area contributed by atoms with Crippen LogP contribution in [-0.2, 0) is 6.18 Å². The standard InChI is InChI=1S/C25H17F3O6/c1-31-16-7-9-17(10-8-16)33-23-22(30)19-12-11-18(13-21(19)34-24(23)25(26,27)28)32-14-20(29)15-5-3-2-4-6-15/h2-13H,14H2,1H3. The van der Waals surface area contributed by atoms with Crippen LogP contribution in [0.3, 0.4) is 0 Å². The van der Waals surface area contributed by atoms with Crippen LogP contribution in [0.5, 0.6) is 23.0 Å². The zero-order valence-corrected chi connectivity index (χ0v) is 17.7. The molecule has 6 nitrogen and oxygen atoms in total. The van der Waals surface area contributed by atoms with Gasteiger partial charge in [-0.05, 0) is 36.4 Å². The lowest BCUT2D eigenvalue weighted by molar-refractivity contribution is -0.154. The molecule has 3 aromatic carbocycles. The normalized spacial score (nSPS) is 11.3. The highest BCUT2D eigenvalue weighted by Gasteiger charge is 2.40. The molecule has 0 aliphatic heterocycles. The number of hydrogen-bond donors (Lipinski definition) is 0. The second-order valence-corrected chi connectivity index (χ2v) is 7.10. The number of carbonyl (C=O) groups is 1. The zero-order chi connectivity index (χ0) is 24.3. The number of methoxy groups -OCH3 is 1. The van der Waals surface area contributed by atoms with Crippen molar-refractivity contribution in [3.05, 3.63) is 94.3 Å². The molecule has 1 aromatic heterocycles. The van der Waals surface area contributed by atoms with Crippen LogP contribution in [-0.4, -0.2) is 19.5 Å². The van der Waals surface area contributed by atoms with Crippen molar-refractivity contribution in [2.24, 2.45) is 0 Å². The second kappa shape index (κ2) is 9.30. The van der Waals surface area contributed by atoms with Crippen molar-refractivity contribution in [2.45, 2.75) is 6.18 Å². The molecule has 0 fully saturated rings. The largest absolute Gasteiger partial charge is 0.497 e. The van der Waals surface area contributed by atoms with Crippen LogP contribution in [0.15, 0.2) is 82.0 Å². The van der Waals surface area contributed by atoms with Gasteiger partial charge in [-0.3, -0.25) is 9.59 Å². The van der Waals surface area contributed by atoms with Crippen LogP contribution in [0.2, 0.25) is 0 Å². The maximum atomic E-state index is 13.7. The van der Waals surface area contributed by atoms with Crippen molar-refractivity contribution < 1.29 is 36.6 Å². The van der Waals surface area contributed by atoms with E-state index >= 15 is 0 Å². The number of Topliss-reactive ketones (excluding diaryl/α,β-unsaturated/α-hetero) is 1.